The van der Waals surface area contributed by atoms with Crippen LogP contribution < -0.4 is 0 Å². The number of hydrogen-bond acceptors (Lipinski definition) is 6. The number of carbonyl (C=O) groups excluding carboxylic acids is 1. The van der Waals surface area contributed by atoms with E-state index >= 15 is 0 Å². The maximum Gasteiger partial charge on any atom is 0.233 e. The summed E-state index contributed by atoms with van der Waals surface area (Å²) in [5.41, 5.74) is 2.05. The molecule has 24 heavy (non-hydrogen) atoms. The maximum absolute atomic E-state index is 12.3. The molecule has 0 aliphatic carbocycles. The molecule has 0 aliphatic heterocycles. The molecule has 0 saturated heterocycles. The smallest absolute Gasteiger partial charge is 0.233 e. The summed E-state index contributed by atoms with van der Waals surface area (Å²) in [7, 11) is 1.81. The van der Waals surface area contributed by atoms with E-state index in [1.165, 1.54) is 22.2 Å². The molecule has 0 bridgehead atoms. The van der Waals surface area contributed by atoms with Gasteiger partial charge in [-0.15, -0.1) is 16.4 Å². The van der Waals surface area contributed by atoms with E-state index in [0.717, 1.165) is 5.69 Å². The van der Waals surface area contributed by atoms with Crippen LogP contribution in [0.2, 0.25) is 0 Å². The summed E-state index contributed by atoms with van der Waals surface area (Å²) in [6, 6.07) is 11.9. The highest BCUT2D eigenvalue weighted by molar-refractivity contribution is 7.99. The fraction of sp³-hybridized carbons (Fsp3) is 0.250. The quantitative estimate of drug-likeness (QED) is 0.633. The van der Waals surface area contributed by atoms with Gasteiger partial charge in [0.25, 0.3) is 0 Å². The molecule has 2 aromatic heterocycles. The van der Waals surface area contributed by atoms with Gasteiger partial charge in [-0.05, 0) is 40.9 Å². The molecule has 0 saturated carbocycles. The van der Waals surface area contributed by atoms with Gasteiger partial charge < -0.3 is 4.90 Å². The van der Waals surface area contributed by atoms with E-state index in [-0.39, 0.29) is 5.91 Å². The lowest BCUT2D eigenvalue weighted by Crippen LogP contribution is -2.27. The first-order chi connectivity index (χ1) is 11.6. The molecule has 0 spiro atoms. The summed E-state index contributed by atoms with van der Waals surface area (Å²) in [6.07, 6.45) is 0. The SMILES string of the molecule is Cc1ccc(-n2nnnc2SCC(=O)N(C)Cc2cccs2)cc1. The molecule has 1 amide bonds. The molecular weight excluding hydrogens is 342 g/mol. The largest absolute Gasteiger partial charge is 0.340 e. The summed E-state index contributed by atoms with van der Waals surface area (Å²) in [6.45, 7) is 2.65. The van der Waals surface area contributed by atoms with Gasteiger partial charge in [0, 0.05) is 11.9 Å². The molecule has 0 aliphatic rings. The van der Waals surface area contributed by atoms with Crippen molar-refractivity contribution in [3.8, 4) is 5.69 Å². The Morgan fingerprint density at radius 2 is 2.08 bits per heavy atom. The summed E-state index contributed by atoms with van der Waals surface area (Å²) in [5, 5.41) is 14.4. The molecule has 0 radical (unpaired) electrons. The normalized spacial score (nSPS) is 10.8. The van der Waals surface area contributed by atoms with E-state index in [1.807, 2.05) is 55.7 Å². The van der Waals surface area contributed by atoms with Crippen LogP contribution in [0.3, 0.4) is 0 Å². The average molecular weight is 359 g/mol. The summed E-state index contributed by atoms with van der Waals surface area (Å²) in [5.74, 6) is 0.348. The highest BCUT2D eigenvalue weighted by atomic mass is 32.2. The van der Waals surface area contributed by atoms with Crippen LogP contribution in [0.1, 0.15) is 10.4 Å². The molecule has 1 aromatic carbocycles. The number of amides is 1. The minimum absolute atomic E-state index is 0.0480. The number of thiophene rings is 1. The summed E-state index contributed by atoms with van der Waals surface area (Å²) in [4.78, 5) is 15.2. The average Bonchev–Trinajstić information content (AvgIpc) is 3.25. The van der Waals surface area contributed by atoms with Gasteiger partial charge in [-0.1, -0.05) is 35.5 Å². The molecule has 0 atom stereocenters. The molecule has 6 nitrogen and oxygen atoms in total. The van der Waals surface area contributed by atoms with Gasteiger partial charge in [0.1, 0.15) is 0 Å². The topological polar surface area (TPSA) is 63.9 Å². The zero-order valence-electron chi connectivity index (χ0n) is 13.4. The van der Waals surface area contributed by atoms with Crippen molar-refractivity contribution in [1.82, 2.24) is 25.1 Å². The van der Waals surface area contributed by atoms with E-state index < -0.39 is 0 Å². The fourth-order valence-corrected chi connectivity index (χ4v) is 3.67. The van der Waals surface area contributed by atoms with Crippen molar-refractivity contribution >= 4 is 29.0 Å². The number of carbonyl (C=O) groups is 1. The Hall–Kier alpha value is -2.19. The van der Waals surface area contributed by atoms with E-state index in [1.54, 1.807) is 20.9 Å². The lowest BCUT2D eigenvalue weighted by Gasteiger charge is -2.15. The Morgan fingerprint density at radius 1 is 1.29 bits per heavy atom. The van der Waals surface area contributed by atoms with Crippen LogP contribution >= 0.6 is 23.1 Å². The van der Waals surface area contributed by atoms with Crippen molar-refractivity contribution in [1.29, 1.82) is 0 Å². The number of thioether (sulfide) groups is 1. The number of benzene rings is 1. The van der Waals surface area contributed by atoms with Crippen molar-refractivity contribution in [3.05, 3.63) is 52.2 Å². The van der Waals surface area contributed by atoms with E-state index in [2.05, 4.69) is 15.5 Å². The summed E-state index contributed by atoms with van der Waals surface area (Å²) >= 11 is 2.99. The predicted molar refractivity (Wildman–Crippen MR) is 95.4 cm³/mol. The van der Waals surface area contributed by atoms with Gasteiger partial charge in [0.05, 0.1) is 18.0 Å². The molecule has 124 valence electrons. The number of hydrogen-bond donors (Lipinski definition) is 0. The minimum Gasteiger partial charge on any atom is -0.340 e. The molecule has 2 heterocycles. The van der Waals surface area contributed by atoms with Crippen LogP contribution in [-0.4, -0.2) is 43.8 Å². The van der Waals surface area contributed by atoms with Gasteiger partial charge in [-0.3, -0.25) is 4.79 Å². The second kappa shape index (κ2) is 7.59. The van der Waals surface area contributed by atoms with Crippen molar-refractivity contribution in [3.63, 3.8) is 0 Å². The van der Waals surface area contributed by atoms with Crippen molar-refractivity contribution in [2.45, 2.75) is 18.6 Å². The number of tetrazole rings is 1. The van der Waals surface area contributed by atoms with Gasteiger partial charge in [0.2, 0.25) is 11.1 Å². The molecule has 0 unspecified atom stereocenters. The number of rotatable bonds is 6. The van der Waals surface area contributed by atoms with Crippen molar-refractivity contribution in [2.75, 3.05) is 12.8 Å². The second-order valence-electron chi connectivity index (χ2n) is 5.33. The first-order valence-electron chi connectivity index (χ1n) is 7.38. The highest BCUT2D eigenvalue weighted by Gasteiger charge is 2.14. The zero-order chi connectivity index (χ0) is 16.9. The fourth-order valence-electron chi connectivity index (χ4n) is 2.08. The van der Waals surface area contributed by atoms with Gasteiger partial charge in [0.15, 0.2) is 0 Å². The van der Waals surface area contributed by atoms with Crippen LogP contribution in [0.15, 0.2) is 46.9 Å². The molecule has 3 rings (SSSR count). The van der Waals surface area contributed by atoms with E-state index in [4.69, 9.17) is 0 Å². The number of aromatic nitrogens is 4. The Bertz CT molecular complexity index is 798. The predicted octanol–water partition coefficient (Wildman–Crippen LogP) is 2.78. The monoisotopic (exact) mass is 359 g/mol. The Labute approximate surface area is 148 Å². The second-order valence-corrected chi connectivity index (χ2v) is 7.30. The van der Waals surface area contributed by atoms with Gasteiger partial charge in [-0.25, -0.2) is 0 Å². The molecule has 0 N–H and O–H groups in total. The van der Waals surface area contributed by atoms with Gasteiger partial charge >= 0.3 is 0 Å². The van der Waals surface area contributed by atoms with Crippen molar-refractivity contribution in [2.24, 2.45) is 0 Å². The van der Waals surface area contributed by atoms with E-state index in [0.29, 0.717) is 17.5 Å². The van der Waals surface area contributed by atoms with Crippen molar-refractivity contribution < 1.29 is 4.79 Å². The Balaban J connectivity index is 1.62. The number of aryl methyl sites for hydroxylation is 1. The molecule has 3 aromatic rings. The minimum atomic E-state index is 0.0480. The third-order valence-corrected chi connectivity index (χ3v) is 5.21. The lowest BCUT2D eigenvalue weighted by atomic mass is 10.2. The first kappa shape index (κ1) is 16.7. The van der Waals surface area contributed by atoms with Crippen LogP contribution in [-0.2, 0) is 11.3 Å². The third kappa shape index (κ3) is 4.01. The zero-order valence-corrected chi connectivity index (χ0v) is 15.0. The molecular formula is C16H17N5OS2. The third-order valence-electron chi connectivity index (χ3n) is 3.44. The highest BCUT2D eigenvalue weighted by Crippen LogP contribution is 2.19. The maximum atomic E-state index is 12.3. The standard InChI is InChI=1S/C16H17N5OS2/c1-12-5-7-13(8-6-12)21-16(17-18-19-21)24-11-15(22)20(2)10-14-4-3-9-23-14/h3-9H,10-11H2,1-2H3. The number of nitrogens with zero attached hydrogens (tertiary/aromatic N) is 5. The lowest BCUT2D eigenvalue weighted by molar-refractivity contribution is -0.127. The Morgan fingerprint density at radius 3 is 2.79 bits per heavy atom. The Kier molecular flexibility index (Phi) is 5.27. The first-order valence-corrected chi connectivity index (χ1v) is 9.24. The molecule has 8 heteroatoms. The van der Waals surface area contributed by atoms with Crippen LogP contribution in [0.5, 0.6) is 0 Å². The van der Waals surface area contributed by atoms with Crippen LogP contribution in [0.4, 0.5) is 0 Å². The van der Waals surface area contributed by atoms with Crippen LogP contribution in [0.25, 0.3) is 5.69 Å². The van der Waals surface area contributed by atoms with Gasteiger partial charge in [-0.2, -0.15) is 4.68 Å². The molecule has 0 fully saturated rings. The summed E-state index contributed by atoms with van der Waals surface area (Å²) < 4.78 is 1.65. The van der Waals surface area contributed by atoms with E-state index in [9.17, 15) is 4.79 Å². The van der Waals surface area contributed by atoms with Crippen LogP contribution in [0, 0.1) is 6.92 Å².